The first-order valence-electron chi connectivity index (χ1n) is 7.88. The van der Waals surface area contributed by atoms with E-state index in [9.17, 15) is 13.2 Å². The summed E-state index contributed by atoms with van der Waals surface area (Å²) in [7, 11) is -3.61. The molecule has 0 saturated heterocycles. The second-order valence-corrected chi connectivity index (χ2v) is 8.75. The minimum Gasteiger partial charge on any atom is -0.349 e. The Morgan fingerprint density at radius 2 is 2.00 bits per heavy atom. The summed E-state index contributed by atoms with van der Waals surface area (Å²) in [4.78, 5) is 18.2. The van der Waals surface area contributed by atoms with Crippen molar-refractivity contribution in [2.75, 3.05) is 0 Å². The first kappa shape index (κ1) is 17.6. The van der Waals surface area contributed by atoms with E-state index in [0.29, 0.717) is 12.1 Å². The van der Waals surface area contributed by atoms with Crippen LogP contribution in [-0.2, 0) is 21.4 Å². The van der Waals surface area contributed by atoms with Gasteiger partial charge in [-0.05, 0) is 29.5 Å². The van der Waals surface area contributed by atoms with Crippen molar-refractivity contribution in [2.24, 2.45) is 10.9 Å². The van der Waals surface area contributed by atoms with Crippen molar-refractivity contribution in [3.05, 3.63) is 52.2 Å². The number of carbonyl (C=O) groups is 1. The van der Waals surface area contributed by atoms with Gasteiger partial charge >= 0.3 is 0 Å². The van der Waals surface area contributed by atoms with E-state index in [1.807, 2.05) is 31.4 Å². The number of carbonyl (C=O) groups excluding carboxylic acids is 1. The monoisotopic (exact) mass is 377 g/mol. The van der Waals surface area contributed by atoms with Gasteiger partial charge < -0.3 is 5.32 Å². The van der Waals surface area contributed by atoms with Gasteiger partial charge in [-0.15, -0.1) is 11.3 Å². The zero-order valence-electron chi connectivity index (χ0n) is 13.9. The van der Waals surface area contributed by atoms with Crippen LogP contribution in [0.2, 0.25) is 0 Å². The van der Waals surface area contributed by atoms with Crippen molar-refractivity contribution in [1.82, 2.24) is 10.0 Å². The van der Waals surface area contributed by atoms with Gasteiger partial charge in [-0.2, -0.15) is 0 Å². The molecule has 0 spiro atoms. The number of rotatable bonds is 5. The number of hydrogen-bond donors (Lipinski definition) is 2. The fraction of sp³-hybridized carbons (Fsp3) is 0.294. The molecular weight excluding hydrogens is 358 g/mol. The molecule has 2 N–H and O–H groups in total. The zero-order chi connectivity index (χ0) is 18.0. The fourth-order valence-electron chi connectivity index (χ4n) is 2.57. The predicted molar refractivity (Wildman–Crippen MR) is 98.1 cm³/mol. The third-order valence-electron chi connectivity index (χ3n) is 3.85. The average molecular weight is 377 g/mol. The molecule has 8 heteroatoms. The molecule has 25 heavy (non-hydrogen) atoms. The summed E-state index contributed by atoms with van der Waals surface area (Å²) in [6.07, 6.45) is 0. The van der Waals surface area contributed by atoms with Crippen molar-refractivity contribution >= 4 is 33.1 Å². The molecule has 6 nitrogen and oxygen atoms in total. The van der Waals surface area contributed by atoms with Gasteiger partial charge in [0.25, 0.3) is 10.0 Å². The molecule has 0 fully saturated rings. The molecule has 0 saturated carbocycles. The first-order chi connectivity index (χ1) is 11.9. The Morgan fingerprint density at radius 1 is 1.24 bits per heavy atom. The minimum atomic E-state index is -3.61. The van der Waals surface area contributed by atoms with Crippen molar-refractivity contribution in [3.63, 3.8) is 0 Å². The topological polar surface area (TPSA) is 87.6 Å². The summed E-state index contributed by atoms with van der Waals surface area (Å²) in [5.74, 6) is -0.0758. The molecular formula is C17H19N3O3S2. The molecule has 1 amide bonds. The molecule has 1 atom stereocenters. The first-order valence-corrected chi connectivity index (χ1v) is 10.2. The van der Waals surface area contributed by atoms with E-state index in [1.54, 1.807) is 29.5 Å². The highest BCUT2D eigenvalue weighted by Crippen LogP contribution is 2.23. The summed E-state index contributed by atoms with van der Waals surface area (Å²) in [6.45, 7) is 4.20. The van der Waals surface area contributed by atoms with Gasteiger partial charge in [-0.25, -0.2) is 8.42 Å². The van der Waals surface area contributed by atoms with Crippen LogP contribution < -0.4 is 10.0 Å². The minimum absolute atomic E-state index is 0.0758. The summed E-state index contributed by atoms with van der Waals surface area (Å²) >= 11 is 1.57. The molecule has 1 aliphatic heterocycles. The Balaban J connectivity index is 1.84. The highest BCUT2D eigenvalue weighted by Gasteiger charge is 2.32. The quantitative estimate of drug-likeness (QED) is 0.837. The lowest BCUT2D eigenvalue weighted by atomic mass is 10.0. The Kier molecular flexibility index (Phi) is 4.91. The highest BCUT2D eigenvalue weighted by molar-refractivity contribution is 7.90. The second kappa shape index (κ2) is 6.97. The zero-order valence-corrected chi connectivity index (χ0v) is 15.5. The van der Waals surface area contributed by atoms with Gasteiger partial charge in [0.2, 0.25) is 5.91 Å². The van der Waals surface area contributed by atoms with Crippen LogP contribution >= 0.6 is 11.3 Å². The molecule has 2 aromatic rings. The summed E-state index contributed by atoms with van der Waals surface area (Å²) in [6, 6.07) is 9.82. The normalized spacial score (nSPS) is 18.0. The number of benzene rings is 1. The number of thiophene rings is 1. The number of nitrogens with one attached hydrogen (secondary N) is 2. The second-order valence-electron chi connectivity index (χ2n) is 6.07. The summed E-state index contributed by atoms with van der Waals surface area (Å²) in [5.41, 5.74) is 0.499. The van der Waals surface area contributed by atoms with Crippen LogP contribution in [-0.4, -0.2) is 26.2 Å². The number of amides is 1. The smallest absolute Gasteiger partial charge is 0.263 e. The van der Waals surface area contributed by atoms with E-state index in [0.717, 1.165) is 4.88 Å². The SMILES string of the molecule is CC(C)[C@@H](N=C1NS(=O)(=O)c2ccccc21)C(=O)NCc1cccs1. The van der Waals surface area contributed by atoms with Crippen LogP contribution in [0.4, 0.5) is 0 Å². The largest absolute Gasteiger partial charge is 0.349 e. The third-order valence-corrected chi connectivity index (χ3v) is 6.12. The summed E-state index contributed by atoms with van der Waals surface area (Å²) < 4.78 is 26.8. The number of hydrogen-bond acceptors (Lipinski definition) is 5. The molecule has 3 rings (SSSR count). The molecule has 1 aromatic heterocycles. The Labute approximate surface area is 151 Å². The number of sulfonamides is 1. The van der Waals surface area contributed by atoms with E-state index >= 15 is 0 Å². The van der Waals surface area contributed by atoms with Crippen molar-refractivity contribution in [1.29, 1.82) is 0 Å². The fourth-order valence-corrected chi connectivity index (χ4v) is 4.45. The Morgan fingerprint density at radius 3 is 2.68 bits per heavy atom. The maximum atomic E-state index is 12.6. The van der Waals surface area contributed by atoms with Gasteiger partial charge in [0.15, 0.2) is 0 Å². The van der Waals surface area contributed by atoms with E-state index in [4.69, 9.17) is 0 Å². The number of nitrogens with zero attached hydrogens (tertiary/aromatic N) is 1. The molecule has 0 aliphatic carbocycles. The van der Waals surface area contributed by atoms with E-state index in [1.165, 1.54) is 6.07 Å². The van der Waals surface area contributed by atoms with Gasteiger partial charge in [0.1, 0.15) is 11.9 Å². The Bertz CT molecular complexity index is 903. The van der Waals surface area contributed by atoms with E-state index in [-0.39, 0.29) is 22.6 Å². The van der Waals surface area contributed by atoms with Gasteiger partial charge in [0, 0.05) is 10.4 Å². The third kappa shape index (κ3) is 3.74. The van der Waals surface area contributed by atoms with Crippen molar-refractivity contribution in [2.45, 2.75) is 31.3 Å². The number of fused-ring (bicyclic) bond motifs is 1. The average Bonchev–Trinajstić information content (AvgIpc) is 3.17. The molecule has 0 radical (unpaired) electrons. The molecule has 0 unspecified atom stereocenters. The van der Waals surface area contributed by atoms with Crippen molar-refractivity contribution in [3.8, 4) is 0 Å². The lowest BCUT2D eigenvalue weighted by Crippen LogP contribution is -2.38. The van der Waals surface area contributed by atoms with Crippen LogP contribution in [0.3, 0.4) is 0 Å². The van der Waals surface area contributed by atoms with Gasteiger partial charge in [-0.1, -0.05) is 32.0 Å². The van der Waals surface area contributed by atoms with Crippen LogP contribution in [0.25, 0.3) is 0 Å². The molecule has 1 aliphatic rings. The standard InChI is InChI=1S/C17H19N3O3S2/c1-11(2)15(17(21)18-10-12-6-5-9-24-12)19-16-13-7-3-4-8-14(13)25(22,23)20-16/h3-9,11,15H,10H2,1-2H3,(H,18,21)(H,19,20)/t15-/m1/s1. The van der Waals surface area contributed by atoms with Gasteiger partial charge in [0.05, 0.1) is 11.4 Å². The molecule has 132 valence electrons. The molecule has 2 heterocycles. The lowest BCUT2D eigenvalue weighted by molar-refractivity contribution is -0.123. The Hall–Kier alpha value is -2.19. The van der Waals surface area contributed by atoms with E-state index < -0.39 is 16.1 Å². The van der Waals surface area contributed by atoms with Crippen LogP contribution in [0.15, 0.2) is 51.7 Å². The lowest BCUT2D eigenvalue weighted by Gasteiger charge is -2.17. The molecule has 0 bridgehead atoms. The number of amidine groups is 1. The maximum Gasteiger partial charge on any atom is 0.263 e. The van der Waals surface area contributed by atoms with Gasteiger partial charge in [-0.3, -0.25) is 14.5 Å². The summed E-state index contributed by atoms with van der Waals surface area (Å²) in [5, 5.41) is 4.82. The van der Waals surface area contributed by atoms with E-state index in [2.05, 4.69) is 15.0 Å². The number of aliphatic imine (C=N–C) groups is 1. The van der Waals surface area contributed by atoms with Crippen LogP contribution in [0, 0.1) is 5.92 Å². The highest BCUT2D eigenvalue weighted by atomic mass is 32.2. The van der Waals surface area contributed by atoms with Crippen molar-refractivity contribution < 1.29 is 13.2 Å². The van der Waals surface area contributed by atoms with Crippen LogP contribution in [0.1, 0.15) is 24.3 Å². The van der Waals surface area contributed by atoms with Crippen LogP contribution in [0.5, 0.6) is 0 Å². The maximum absolute atomic E-state index is 12.6. The molecule has 1 aromatic carbocycles. The predicted octanol–water partition coefficient (Wildman–Crippen LogP) is 2.13.